The molecule has 1 aromatic carbocycles. The van der Waals surface area contributed by atoms with Crippen LogP contribution < -0.4 is 10.0 Å². The topological polar surface area (TPSA) is 130 Å². The van der Waals surface area contributed by atoms with Gasteiger partial charge in [0.25, 0.3) is 11.8 Å². The molecular weight excluding hydrogens is 410 g/mol. The molecular formula is C20H19N3O6S. The highest BCUT2D eigenvalue weighted by atomic mass is 32.2. The lowest BCUT2D eigenvalue weighted by molar-refractivity contribution is -0.136. The van der Waals surface area contributed by atoms with Gasteiger partial charge in [0.05, 0.1) is 22.9 Å². The van der Waals surface area contributed by atoms with Gasteiger partial charge in [-0.2, -0.15) is 0 Å². The second-order valence-corrected chi connectivity index (χ2v) is 9.47. The molecule has 4 rings (SSSR count). The van der Waals surface area contributed by atoms with Gasteiger partial charge < -0.3 is 0 Å². The summed E-state index contributed by atoms with van der Waals surface area (Å²) in [4.78, 5) is 49.7. The lowest BCUT2D eigenvalue weighted by atomic mass is 10.0. The summed E-state index contributed by atoms with van der Waals surface area (Å²) >= 11 is 0. The molecule has 1 unspecified atom stereocenters. The Morgan fingerprint density at radius 2 is 1.80 bits per heavy atom. The lowest BCUT2D eigenvalue weighted by Crippen LogP contribution is -2.54. The second kappa shape index (κ2) is 7.66. The second-order valence-electron chi connectivity index (χ2n) is 7.43. The van der Waals surface area contributed by atoms with E-state index in [1.807, 2.05) is 0 Å². The molecule has 156 valence electrons. The third-order valence-corrected chi connectivity index (χ3v) is 7.42. The Hall–Kier alpha value is -3.03. The zero-order chi connectivity index (χ0) is 21.5. The van der Waals surface area contributed by atoms with Crippen LogP contribution >= 0.6 is 0 Å². The molecule has 1 aromatic rings. The highest BCUT2D eigenvalue weighted by molar-refractivity contribution is 7.90. The molecule has 4 amide bonds. The molecule has 0 bridgehead atoms. The lowest BCUT2D eigenvalue weighted by Gasteiger charge is -2.27. The van der Waals surface area contributed by atoms with Crippen molar-refractivity contribution in [3.8, 4) is 11.8 Å². The van der Waals surface area contributed by atoms with Crippen molar-refractivity contribution in [3.05, 3.63) is 34.9 Å². The molecule has 1 aliphatic carbocycles. The van der Waals surface area contributed by atoms with Crippen molar-refractivity contribution < 1.29 is 27.6 Å². The molecule has 2 fully saturated rings. The summed E-state index contributed by atoms with van der Waals surface area (Å²) in [6.45, 7) is -0.0504. The van der Waals surface area contributed by atoms with Gasteiger partial charge in [-0.1, -0.05) is 18.3 Å². The number of sulfonamides is 1. The van der Waals surface area contributed by atoms with Gasteiger partial charge in [0.1, 0.15) is 6.04 Å². The number of rotatable bonds is 4. The maximum Gasteiger partial charge on any atom is 0.262 e. The minimum Gasteiger partial charge on any atom is -0.295 e. The smallest absolute Gasteiger partial charge is 0.262 e. The monoisotopic (exact) mass is 429 g/mol. The van der Waals surface area contributed by atoms with Gasteiger partial charge in [-0.25, -0.2) is 13.1 Å². The first kappa shape index (κ1) is 20.3. The van der Waals surface area contributed by atoms with Crippen LogP contribution in [0.3, 0.4) is 0 Å². The van der Waals surface area contributed by atoms with E-state index in [2.05, 4.69) is 21.9 Å². The zero-order valence-corrected chi connectivity index (χ0v) is 16.8. The molecule has 10 heteroatoms. The number of hydrogen-bond acceptors (Lipinski definition) is 6. The zero-order valence-electron chi connectivity index (χ0n) is 15.9. The number of hydrogen-bond donors (Lipinski definition) is 2. The van der Waals surface area contributed by atoms with Crippen LogP contribution in [0.15, 0.2) is 18.2 Å². The Bertz CT molecular complexity index is 1130. The van der Waals surface area contributed by atoms with Gasteiger partial charge in [0.2, 0.25) is 21.8 Å². The van der Waals surface area contributed by atoms with Crippen LogP contribution in [0, 0.1) is 11.8 Å². The molecule has 9 nitrogen and oxygen atoms in total. The predicted molar refractivity (Wildman–Crippen MR) is 105 cm³/mol. The molecule has 3 aliphatic rings. The van der Waals surface area contributed by atoms with Gasteiger partial charge in [0, 0.05) is 12.0 Å². The van der Waals surface area contributed by atoms with Gasteiger partial charge in [-0.15, -0.1) is 0 Å². The van der Waals surface area contributed by atoms with Gasteiger partial charge in [-0.3, -0.25) is 29.4 Å². The first-order chi connectivity index (χ1) is 14.3. The van der Waals surface area contributed by atoms with Crippen molar-refractivity contribution in [2.75, 3.05) is 6.54 Å². The van der Waals surface area contributed by atoms with E-state index < -0.39 is 39.7 Å². The maximum atomic E-state index is 12.8. The van der Waals surface area contributed by atoms with Crippen molar-refractivity contribution in [1.29, 1.82) is 0 Å². The van der Waals surface area contributed by atoms with Crippen molar-refractivity contribution >= 4 is 33.7 Å². The van der Waals surface area contributed by atoms with Crippen LogP contribution in [0.4, 0.5) is 0 Å². The molecule has 1 saturated carbocycles. The molecule has 1 saturated heterocycles. The average molecular weight is 429 g/mol. The Kier molecular flexibility index (Phi) is 5.17. The van der Waals surface area contributed by atoms with E-state index in [1.54, 1.807) is 6.07 Å². The number of carbonyl (C=O) groups is 4. The fraction of sp³-hybridized carbons (Fsp3) is 0.400. The van der Waals surface area contributed by atoms with Crippen molar-refractivity contribution in [3.63, 3.8) is 0 Å². The number of nitrogens with one attached hydrogen (secondary N) is 2. The quantitative estimate of drug-likeness (QED) is 0.508. The summed E-state index contributed by atoms with van der Waals surface area (Å²) in [7, 11) is -3.35. The average Bonchev–Trinajstić information content (AvgIpc) is 2.88. The standard InChI is InChI=1S/C20H19N3O6S/c24-17-9-8-16(18(25)22-17)23-19(26)14-7-6-12(11-15(14)20(23)27)3-2-10-21-30(28,29)13-4-1-5-13/h6-7,11,13,16,21H,1,4-5,8-10H2,(H,22,24,25). The minimum absolute atomic E-state index is 0.0504. The number of imide groups is 2. The first-order valence-electron chi connectivity index (χ1n) is 9.61. The Labute approximate surface area is 173 Å². The van der Waals surface area contributed by atoms with E-state index in [1.165, 1.54) is 12.1 Å². The molecule has 0 spiro atoms. The summed E-state index contributed by atoms with van der Waals surface area (Å²) in [5, 5.41) is 1.80. The third kappa shape index (κ3) is 3.62. The first-order valence-corrected chi connectivity index (χ1v) is 11.2. The molecule has 2 aliphatic heterocycles. The molecule has 30 heavy (non-hydrogen) atoms. The van der Waals surface area contributed by atoms with Crippen LogP contribution in [-0.2, 0) is 19.6 Å². The molecule has 1 atom stereocenters. The Morgan fingerprint density at radius 1 is 1.07 bits per heavy atom. The van der Waals surface area contributed by atoms with E-state index in [0.717, 1.165) is 11.3 Å². The molecule has 2 heterocycles. The number of fused-ring (bicyclic) bond motifs is 1. The normalized spacial score (nSPS) is 21.6. The number of piperidine rings is 1. The van der Waals surface area contributed by atoms with Crippen LogP contribution in [0.25, 0.3) is 0 Å². The summed E-state index contributed by atoms with van der Waals surface area (Å²) in [6.07, 6.45) is 2.37. The highest BCUT2D eigenvalue weighted by Gasteiger charge is 2.44. The summed E-state index contributed by atoms with van der Waals surface area (Å²) in [6, 6.07) is 3.45. The third-order valence-electron chi connectivity index (χ3n) is 5.53. The van der Waals surface area contributed by atoms with Crippen LogP contribution in [-0.4, -0.2) is 54.8 Å². The maximum absolute atomic E-state index is 12.8. The fourth-order valence-electron chi connectivity index (χ4n) is 3.63. The molecule has 0 radical (unpaired) electrons. The molecule has 0 aromatic heterocycles. The van der Waals surface area contributed by atoms with Crippen LogP contribution in [0.1, 0.15) is 58.4 Å². The summed E-state index contributed by atoms with van der Waals surface area (Å²) in [5.41, 5.74) is 0.746. The molecule has 2 N–H and O–H groups in total. The van der Waals surface area contributed by atoms with Crippen LogP contribution in [0.2, 0.25) is 0 Å². The predicted octanol–water partition coefficient (Wildman–Crippen LogP) is -0.0888. The number of benzene rings is 1. The fourth-order valence-corrected chi connectivity index (χ4v) is 5.09. The largest absolute Gasteiger partial charge is 0.295 e. The van der Waals surface area contributed by atoms with Crippen molar-refractivity contribution in [1.82, 2.24) is 14.9 Å². The van der Waals surface area contributed by atoms with Gasteiger partial charge in [0.15, 0.2) is 0 Å². The highest BCUT2D eigenvalue weighted by Crippen LogP contribution is 2.28. The van der Waals surface area contributed by atoms with Gasteiger partial charge in [-0.05, 0) is 37.5 Å². The van der Waals surface area contributed by atoms with E-state index in [0.29, 0.717) is 18.4 Å². The Morgan fingerprint density at radius 3 is 2.47 bits per heavy atom. The SMILES string of the molecule is O=C1CCC(N2C(=O)c3ccc(C#CCNS(=O)(=O)C4CCC4)cc3C2=O)C(=O)N1. The summed E-state index contributed by atoms with van der Waals surface area (Å²) < 4.78 is 26.4. The van der Waals surface area contributed by atoms with E-state index >= 15 is 0 Å². The van der Waals surface area contributed by atoms with Crippen LogP contribution in [0.5, 0.6) is 0 Å². The Balaban J connectivity index is 1.47. The van der Waals surface area contributed by atoms with Crippen molar-refractivity contribution in [2.24, 2.45) is 0 Å². The number of amides is 4. The van der Waals surface area contributed by atoms with E-state index in [4.69, 9.17) is 0 Å². The van der Waals surface area contributed by atoms with E-state index in [-0.39, 0.29) is 35.8 Å². The number of nitrogens with zero attached hydrogens (tertiary/aromatic N) is 1. The van der Waals surface area contributed by atoms with Crippen molar-refractivity contribution in [2.45, 2.75) is 43.4 Å². The summed E-state index contributed by atoms with van der Waals surface area (Å²) in [5.74, 6) is 3.20. The minimum atomic E-state index is -3.35. The van der Waals surface area contributed by atoms with E-state index in [9.17, 15) is 27.6 Å². The van der Waals surface area contributed by atoms with Gasteiger partial charge >= 0.3 is 0 Å². The number of carbonyl (C=O) groups excluding carboxylic acids is 4.